The number of anilines is 1. The first-order valence-electron chi connectivity index (χ1n) is 4.20. The topological polar surface area (TPSA) is 54.7 Å². The first-order chi connectivity index (χ1) is 5.34. The Kier molecular flexibility index (Phi) is 0.819. The summed E-state index contributed by atoms with van der Waals surface area (Å²) in [5, 5.41) is 0. The zero-order valence-corrected chi connectivity index (χ0v) is 6.30. The van der Waals surface area contributed by atoms with Crippen LogP contribution in [0.4, 0.5) is 5.95 Å². The highest BCUT2D eigenvalue weighted by atomic mass is 15.1. The van der Waals surface area contributed by atoms with Gasteiger partial charge in [0.15, 0.2) is 5.95 Å². The van der Waals surface area contributed by atoms with Crippen LogP contribution in [0.15, 0.2) is 0 Å². The lowest BCUT2D eigenvalue weighted by atomic mass is 10.0. The number of fused-ring (bicyclic) bond motifs is 5. The Hall–Kier alpha value is -0.990. The zero-order valence-electron chi connectivity index (χ0n) is 6.30. The Morgan fingerprint density at radius 2 is 2.18 bits per heavy atom. The van der Waals surface area contributed by atoms with E-state index in [2.05, 4.69) is 9.97 Å². The molecule has 3 nitrogen and oxygen atoms in total. The Labute approximate surface area is 65.0 Å². The number of hydrogen-bond donors (Lipinski definition) is 2. The molecule has 0 spiro atoms. The maximum Gasteiger partial charge on any atom is 0.197 e. The summed E-state index contributed by atoms with van der Waals surface area (Å²) < 4.78 is 0. The number of nitrogens with zero attached hydrogens (tertiary/aromatic N) is 1. The predicted molar refractivity (Wildman–Crippen MR) is 42.3 cm³/mol. The Morgan fingerprint density at radius 1 is 1.36 bits per heavy atom. The van der Waals surface area contributed by atoms with Gasteiger partial charge >= 0.3 is 0 Å². The highest BCUT2D eigenvalue weighted by Gasteiger charge is 2.39. The lowest BCUT2D eigenvalue weighted by Gasteiger charge is -2.06. The summed E-state index contributed by atoms with van der Waals surface area (Å²) in [6.07, 6.45) is 3.97. The number of H-pyrrole nitrogens is 1. The quantitative estimate of drug-likeness (QED) is 0.585. The number of aromatic amines is 1. The highest BCUT2D eigenvalue weighted by Crippen LogP contribution is 2.51. The van der Waals surface area contributed by atoms with Crippen LogP contribution < -0.4 is 5.73 Å². The van der Waals surface area contributed by atoms with Crippen LogP contribution in [0.1, 0.15) is 42.5 Å². The van der Waals surface area contributed by atoms with Crippen molar-refractivity contribution in [3.63, 3.8) is 0 Å². The van der Waals surface area contributed by atoms with E-state index in [0.717, 1.165) is 11.8 Å². The molecule has 2 bridgehead atoms. The fourth-order valence-corrected chi connectivity index (χ4v) is 2.53. The van der Waals surface area contributed by atoms with Gasteiger partial charge in [-0.1, -0.05) is 0 Å². The first kappa shape index (κ1) is 5.63. The first-order valence-corrected chi connectivity index (χ1v) is 4.20. The SMILES string of the molecule is Nc1nc2c([nH]1)C1CCC2C1. The fourth-order valence-electron chi connectivity index (χ4n) is 2.53. The lowest BCUT2D eigenvalue weighted by molar-refractivity contribution is 0.698. The molecule has 1 aromatic rings. The summed E-state index contributed by atoms with van der Waals surface area (Å²) in [6, 6.07) is 0. The molecule has 0 radical (unpaired) electrons. The second-order valence-corrected chi connectivity index (χ2v) is 3.63. The van der Waals surface area contributed by atoms with Gasteiger partial charge in [0, 0.05) is 17.5 Å². The molecular formula is C8H11N3. The summed E-state index contributed by atoms with van der Waals surface area (Å²) in [5.74, 6) is 2.08. The molecule has 11 heavy (non-hydrogen) atoms. The van der Waals surface area contributed by atoms with E-state index in [1.165, 1.54) is 30.7 Å². The van der Waals surface area contributed by atoms with Crippen molar-refractivity contribution in [1.29, 1.82) is 0 Å². The van der Waals surface area contributed by atoms with Gasteiger partial charge < -0.3 is 10.7 Å². The van der Waals surface area contributed by atoms with E-state index in [1.807, 2.05) is 0 Å². The molecular weight excluding hydrogens is 138 g/mol. The largest absolute Gasteiger partial charge is 0.369 e. The molecule has 2 aliphatic carbocycles. The number of nitrogen functional groups attached to an aromatic ring is 1. The molecule has 1 saturated carbocycles. The van der Waals surface area contributed by atoms with Crippen LogP contribution >= 0.6 is 0 Å². The van der Waals surface area contributed by atoms with Crippen LogP contribution in [0, 0.1) is 0 Å². The Morgan fingerprint density at radius 3 is 3.00 bits per heavy atom. The van der Waals surface area contributed by atoms with Gasteiger partial charge in [-0.3, -0.25) is 0 Å². The van der Waals surface area contributed by atoms with Crippen molar-refractivity contribution in [1.82, 2.24) is 9.97 Å². The van der Waals surface area contributed by atoms with Crippen LogP contribution in [0.2, 0.25) is 0 Å². The van der Waals surface area contributed by atoms with Crippen LogP contribution in [0.25, 0.3) is 0 Å². The second kappa shape index (κ2) is 1.60. The van der Waals surface area contributed by atoms with E-state index in [1.54, 1.807) is 0 Å². The fraction of sp³-hybridized carbons (Fsp3) is 0.625. The summed E-state index contributed by atoms with van der Waals surface area (Å²) in [7, 11) is 0. The molecule has 1 aromatic heterocycles. The number of hydrogen-bond acceptors (Lipinski definition) is 2. The molecule has 1 fully saturated rings. The van der Waals surface area contributed by atoms with E-state index in [-0.39, 0.29) is 0 Å². The third kappa shape index (κ3) is 0.564. The smallest absolute Gasteiger partial charge is 0.197 e. The summed E-state index contributed by atoms with van der Waals surface area (Å²) in [6.45, 7) is 0. The van der Waals surface area contributed by atoms with Crippen molar-refractivity contribution < 1.29 is 0 Å². The van der Waals surface area contributed by atoms with Crippen molar-refractivity contribution >= 4 is 5.95 Å². The average Bonchev–Trinajstić information content (AvgIpc) is 2.53. The van der Waals surface area contributed by atoms with Crippen molar-refractivity contribution in [2.45, 2.75) is 31.1 Å². The summed E-state index contributed by atoms with van der Waals surface area (Å²) in [4.78, 5) is 7.45. The van der Waals surface area contributed by atoms with Crippen LogP contribution in [-0.4, -0.2) is 9.97 Å². The minimum atomic E-state index is 0.603. The lowest BCUT2D eigenvalue weighted by Crippen LogP contribution is -1.95. The Balaban J connectivity index is 2.21. The van der Waals surface area contributed by atoms with Crippen molar-refractivity contribution in [3.8, 4) is 0 Å². The van der Waals surface area contributed by atoms with Crippen molar-refractivity contribution in [2.24, 2.45) is 0 Å². The van der Waals surface area contributed by atoms with E-state index >= 15 is 0 Å². The molecule has 58 valence electrons. The number of nitrogens with one attached hydrogen (secondary N) is 1. The minimum Gasteiger partial charge on any atom is -0.369 e. The van der Waals surface area contributed by atoms with Gasteiger partial charge in [-0.2, -0.15) is 0 Å². The number of nitrogens with two attached hydrogens (primary N) is 1. The maximum atomic E-state index is 5.57. The molecule has 1 heterocycles. The van der Waals surface area contributed by atoms with E-state index in [4.69, 9.17) is 5.73 Å². The third-order valence-corrected chi connectivity index (χ3v) is 3.01. The van der Waals surface area contributed by atoms with Crippen LogP contribution in [0.5, 0.6) is 0 Å². The molecule has 2 unspecified atom stereocenters. The van der Waals surface area contributed by atoms with Gasteiger partial charge in [0.05, 0.1) is 5.69 Å². The monoisotopic (exact) mass is 149 g/mol. The van der Waals surface area contributed by atoms with Crippen molar-refractivity contribution in [3.05, 3.63) is 11.4 Å². The van der Waals surface area contributed by atoms with Crippen LogP contribution in [0.3, 0.4) is 0 Å². The van der Waals surface area contributed by atoms with Gasteiger partial charge in [-0.25, -0.2) is 4.98 Å². The van der Waals surface area contributed by atoms with Gasteiger partial charge in [0.25, 0.3) is 0 Å². The molecule has 0 saturated heterocycles. The van der Waals surface area contributed by atoms with Gasteiger partial charge in [0.2, 0.25) is 0 Å². The number of imidazole rings is 1. The van der Waals surface area contributed by atoms with Gasteiger partial charge in [0.1, 0.15) is 0 Å². The van der Waals surface area contributed by atoms with Crippen molar-refractivity contribution in [2.75, 3.05) is 5.73 Å². The number of aromatic nitrogens is 2. The normalized spacial score (nSPS) is 32.7. The van der Waals surface area contributed by atoms with E-state index in [0.29, 0.717) is 5.95 Å². The van der Waals surface area contributed by atoms with E-state index < -0.39 is 0 Å². The predicted octanol–water partition coefficient (Wildman–Crippen LogP) is 1.36. The van der Waals surface area contributed by atoms with Gasteiger partial charge in [-0.05, 0) is 19.3 Å². The molecule has 2 atom stereocenters. The van der Waals surface area contributed by atoms with E-state index in [9.17, 15) is 0 Å². The molecule has 0 amide bonds. The zero-order chi connectivity index (χ0) is 7.42. The molecule has 0 aromatic carbocycles. The second-order valence-electron chi connectivity index (χ2n) is 3.63. The molecule has 3 N–H and O–H groups in total. The Bertz CT molecular complexity index is 275. The maximum absolute atomic E-state index is 5.57. The average molecular weight is 149 g/mol. The minimum absolute atomic E-state index is 0.603. The molecule has 3 rings (SSSR count). The molecule has 2 aliphatic rings. The number of rotatable bonds is 0. The van der Waals surface area contributed by atoms with Gasteiger partial charge in [-0.15, -0.1) is 0 Å². The highest BCUT2D eigenvalue weighted by molar-refractivity contribution is 5.37. The summed E-state index contributed by atoms with van der Waals surface area (Å²) in [5.41, 5.74) is 8.17. The third-order valence-electron chi connectivity index (χ3n) is 3.01. The van der Waals surface area contributed by atoms with Crippen LogP contribution in [-0.2, 0) is 0 Å². The molecule has 0 aliphatic heterocycles. The molecule has 3 heteroatoms. The standard InChI is InChI=1S/C8H11N3/c9-8-10-6-4-1-2-5(3-4)7(6)11-8/h4-5H,1-3H2,(H3,9,10,11). The summed E-state index contributed by atoms with van der Waals surface area (Å²) >= 11 is 0.